The van der Waals surface area contributed by atoms with Crippen LogP contribution in [0.2, 0.25) is 0 Å². The van der Waals surface area contributed by atoms with Crippen molar-refractivity contribution < 1.29 is 17.9 Å². The van der Waals surface area contributed by atoms with Gasteiger partial charge in [-0.25, -0.2) is 13.2 Å². The van der Waals surface area contributed by atoms with E-state index in [1.807, 2.05) is 32.9 Å². The molecule has 0 amide bonds. The Morgan fingerprint density at radius 2 is 1.48 bits per heavy atom. The van der Waals surface area contributed by atoms with Gasteiger partial charge in [0.1, 0.15) is 5.75 Å². The summed E-state index contributed by atoms with van der Waals surface area (Å²) in [5.41, 5.74) is 3.18. The van der Waals surface area contributed by atoms with Gasteiger partial charge >= 0.3 is 5.97 Å². The molecule has 2 aromatic carbocycles. The zero-order chi connectivity index (χ0) is 19.6. The molecule has 1 saturated heterocycles. The van der Waals surface area contributed by atoms with Gasteiger partial charge in [-0.2, -0.15) is 4.31 Å². The van der Waals surface area contributed by atoms with E-state index < -0.39 is 16.0 Å². The van der Waals surface area contributed by atoms with Gasteiger partial charge in [-0.3, -0.25) is 0 Å². The van der Waals surface area contributed by atoms with E-state index in [1.165, 1.54) is 28.6 Å². The van der Waals surface area contributed by atoms with Crippen LogP contribution in [0.5, 0.6) is 5.75 Å². The van der Waals surface area contributed by atoms with Crippen molar-refractivity contribution >= 4 is 16.0 Å². The summed E-state index contributed by atoms with van der Waals surface area (Å²) in [4.78, 5) is 12.7. The van der Waals surface area contributed by atoms with Gasteiger partial charge in [0.25, 0.3) is 0 Å². The Labute approximate surface area is 161 Å². The molecule has 0 aliphatic carbocycles. The van der Waals surface area contributed by atoms with Crippen molar-refractivity contribution in [2.24, 2.45) is 0 Å². The number of hydrogen-bond donors (Lipinski definition) is 0. The summed E-state index contributed by atoms with van der Waals surface area (Å²) in [5.74, 6) is 0.0683. The highest BCUT2D eigenvalue weighted by atomic mass is 32.2. The number of aryl methyl sites for hydroxylation is 2. The van der Waals surface area contributed by atoms with Crippen LogP contribution in [0.1, 0.15) is 46.3 Å². The summed E-state index contributed by atoms with van der Waals surface area (Å²) in [5, 5.41) is 0. The number of sulfonamides is 1. The molecular formula is C21H25NO4S. The van der Waals surface area contributed by atoms with E-state index in [4.69, 9.17) is 4.74 Å². The van der Waals surface area contributed by atoms with Crippen molar-refractivity contribution in [3.8, 4) is 5.75 Å². The molecule has 27 heavy (non-hydrogen) atoms. The molecule has 0 spiro atoms. The molecular weight excluding hydrogens is 362 g/mol. The van der Waals surface area contributed by atoms with Crippen LogP contribution in [0.4, 0.5) is 0 Å². The van der Waals surface area contributed by atoms with E-state index in [0.29, 0.717) is 24.4 Å². The van der Waals surface area contributed by atoms with Gasteiger partial charge in [-0.05, 0) is 74.6 Å². The molecule has 6 heteroatoms. The van der Waals surface area contributed by atoms with Crippen molar-refractivity contribution in [3.05, 3.63) is 58.7 Å². The lowest BCUT2D eigenvalue weighted by Crippen LogP contribution is -2.35. The zero-order valence-corrected chi connectivity index (χ0v) is 16.8. The summed E-state index contributed by atoms with van der Waals surface area (Å²) in [7, 11) is -3.50. The van der Waals surface area contributed by atoms with Crippen LogP contribution in [0.25, 0.3) is 0 Å². The van der Waals surface area contributed by atoms with E-state index in [1.54, 1.807) is 0 Å². The number of esters is 1. The number of rotatable bonds is 4. The third-order valence-electron chi connectivity index (χ3n) is 5.11. The maximum Gasteiger partial charge on any atom is 0.343 e. The zero-order valence-electron chi connectivity index (χ0n) is 16.0. The van der Waals surface area contributed by atoms with Gasteiger partial charge in [-0.15, -0.1) is 0 Å². The fourth-order valence-electron chi connectivity index (χ4n) is 3.25. The third-order valence-corrected chi connectivity index (χ3v) is 7.02. The van der Waals surface area contributed by atoms with Gasteiger partial charge in [0.05, 0.1) is 10.5 Å². The Morgan fingerprint density at radius 3 is 2.11 bits per heavy atom. The Kier molecular flexibility index (Phi) is 5.67. The molecule has 0 atom stereocenters. The molecule has 0 unspecified atom stereocenters. The van der Waals surface area contributed by atoms with Gasteiger partial charge in [0.15, 0.2) is 0 Å². The first kappa shape index (κ1) is 19.6. The lowest BCUT2D eigenvalue weighted by atomic mass is 10.1. The Hall–Kier alpha value is -2.18. The molecule has 0 saturated carbocycles. The first-order valence-electron chi connectivity index (χ1n) is 9.20. The lowest BCUT2D eigenvalue weighted by Gasteiger charge is -2.25. The molecule has 0 radical (unpaired) electrons. The second-order valence-electron chi connectivity index (χ2n) is 7.03. The predicted octanol–water partition coefficient (Wildman–Crippen LogP) is 4.01. The van der Waals surface area contributed by atoms with E-state index in [9.17, 15) is 13.2 Å². The van der Waals surface area contributed by atoms with Gasteiger partial charge < -0.3 is 4.74 Å². The number of benzene rings is 2. The molecule has 5 nitrogen and oxygen atoms in total. The van der Waals surface area contributed by atoms with Gasteiger partial charge in [-0.1, -0.05) is 18.6 Å². The minimum atomic E-state index is -3.50. The van der Waals surface area contributed by atoms with Crippen LogP contribution in [0.15, 0.2) is 41.3 Å². The topological polar surface area (TPSA) is 63.7 Å². The summed E-state index contributed by atoms with van der Waals surface area (Å²) in [6, 6.07) is 9.90. The Balaban J connectivity index is 1.79. The number of ether oxygens (including phenoxy) is 1. The van der Waals surface area contributed by atoms with Crippen molar-refractivity contribution in [2.75, 3.05) is 13.1 Å². The Morgan fingerprint density at radius 1 is 0.889 bits per heavy atom. The molecule has 1 fully saturated rings. The molecule has 2 aromatic rings. The van der Waals surface area contributed by atoms with E-state index in [-0.39, 0.29) is 4.90 Å². The highest BCUT2D eigenvalue weighted by Crippen LogP contribution is 2.27. The van der Waals surface area contributed by atoms with Crippen LogP contribution < -0.4 is 4.74 Å². The van der Waals surface area contributed by atoms with Crippen LogP contribution >= 0.6 is 0 Å². The number of nitrogens with zero attached hydrogens (tertiary/aromatic N) is 1. The van der Waals surface area contributed by atoms with Crippen LogP contribution in [-0.2, 0) is 10.0 Å². The van der Waals surface area contributed by atoms with Crippen LogP contribution in [-0.4, -0.2) is 31.8 Å². The maximum absolute atomic E-state index is 12.7. The van der Waals surface area contributed by atoms with Crippen molar-refractivity contribution in [1.82, 2.24) is 4.31 Å². The van der Waals surface area contributed by atoms with Gasteiger partial charge in [0.2, 0.25) is 10.0 Å². The molecule has 0 N–H and O–H groups in total. The van der Waals surface area contributed by atoms with Gasteiger partial charge in [0, 0.05) is 13.1 Å². The highest BCUT2D eigenvalue weighted by molar-refractivity contribution is 7.89. The summed E-state index contributed by atoms with van der Waals surface area (Å²) in [6.45, 7) is 6.88. The minimum Gasteiger partial charge on any atom is -0.422 e. The van der Waals surface area contributed by atoms with E-state index in [0.717, 1.165) is 36.0 Å². The molecule has 3 rings (SSSR count). The predicted molar refractivity (Wildman–Crippen MR) is 105 cm³/mol. The second-order valence-corrected chi connectivity index (χ2v) is 8.97. The minimum absolute atomic E-state index is 0.212. The molecule has 1 heterocycles. The smallest absolute Gasteiger partial charge is 0.343 e. The third kappa shape index (κ3) is 4.06. The van der Waals surface area contributed by atoms with Crippen molar-refractivity contribution in [2.45, 2.75) is 44.9 Å². The standard InChI is InChI=1S/C21H25NO4S/c1-15-7-8-16(2)20(17(15)3)26-21(23)18-9-11-19(12-10-18)27(24,25)22-13-5-4-6-14-22/h7-12H,4-6,13-14H2,1-3H3. The lowest BCUT2D eigenvalue weighted by molar-refractivity contribution is 0.0732. The summed E-state index contributed by atoms with van der Waals surface area (Å²) < 4.78 is 32.5. The summed E-state index contributed by atoms with van der Waals surface area (Å²) >= 11 is 0. The molecule has 0 bridgehead atoms. The number of hydrogen-bond acceptors (Lipinski definition) is 4. The monoisotopic (exact) mass is 387 g/mol. The SMILES string of the molecule is Cc1ccc(C)c(OC(=O)c2ccc(S(=O)(=O)N3CCCCC3)cc2)c1C. The molecule has 1 aliphatic rings. The van der Waals surface area contributed by atoms with Crippen LogP contribution in [0.3, 0.4) is 0 Å². The number of piperidine rings is 1. The van der Waals surface area contributed by atoms with Crippen molar-refractivity contribution in [3.63, 3.8) is 0 Å². The first-order valence-corrected chi connectivity index (χ1v) is 10.6. The van der Waals surface area contributed by atoms with Crippen molar-refractivity contribution in [1.29, 1.82) is 0 Å². The fraction of sp³-hybridized carbons (Fsp3) is 0.381. The Bertz CT molecular complexity index is 943. The first-order chi connectivity index (χ1) is 12.8. The normalized spacial score (nSPS) is 15.5. The fourth-order valence-corrected chi connectivity index (χ4v) is 4.77. The quantitative estimate of drug-likeness (QED) is 0.587. The van der Waals surface area contributed by atoms with E-state index >= 15 is 0 Å². The summed E-state index contributed by atoms with van der Waals surface area (Å²) in [6.07, 6.45) is 2.84. The number of carbonyl (C=O) groups is 1. The molecule has 1 aliphatic heterocycles. The van der Waals surface area contributed by atoms with Crippen LogP contribution in [0, 0.1) is 20.8 Å². The maximum atomic E-state index is 12.7. The molecule has 0 aromatic heterocycles. The van der Waals surface area contributed by atoms with E-state index in [2.05, 4.69) is 0 Å². The largest absolute Gasteiger partial charge is 0.422 e. The average molecular weight is 388 g/mol. The molecule has 144 valence electrons. The number of carbonyl (C=O) groups excluding carboxylic acids is 1. The second kappa shape index (κ2) is 7.82. The highest BCUT2D eigenvalue weighted by Gasteiger charge is 2.26. The average Bonchev–Trinajstić information content (AvgIpc) is 2.69.